The van der Waals surface area contributed by atoms with Crippen LogP contribution >= 0.6 is 11.6 Å². The number of hydrogen-bond donors (Lipinski definition) is 1. The predicted molar refractivity (Wildman–Crippen MR) is 90.9 cm³/mol. The van der Waals surface area contributed by atoms with Crippen LogP contribution in [0.1, 0.15) is 39.0 Å². The first-order chi connectivity index (χ1) is 11.1. The van der Waals surface area contributed by atoms with Gasteiger partial charge < -0.3 is 15.0 Å². The molecule has 1 aliphatic rings. The fraction of sp³-hybridized carbons (Fsp3) is 0.529. The summed E-state index contributed by atoms with van der Waals surface area (Å²) in [5.41, 5.74) is 0.654. The minimum Gasteiger partial charge on any atom is -0.492 e. The smallest absolute Gasteiger partial charge is 0.224 e. The Morgan fingerprint density at radius 1 is 1.43 bits per heavy atom. The van der Waals surface area contributed by atoms with E-state index >= 15 is 0 Å². The Balaban J connectivity index is 1.76. The van der Waals surface area contributed by atoms with E-state index in [-0.39, 0.29) is 11.8 Å². The quantitative estimate of drug-likeness (QED) is 0.789. The van der Waals surface area contributed by atoms with Crippen LogP contribution in [-0.2, 0) is 9.59 Å². The van der Waals surface area contributed by atoms with Crippen molar-refractivity contribution in [3.8, 4) is 5.75 Å². The maximum absolute atomic E-state index is 11.9. The van der Waals surface area contributed by atoms with Crippen molar-refractivity contribution >= 4 is 29.1 Å². The zero-order valence-electron chi connectivity index (χ0n) is 13.4. The lowest BCUT2D eigenvalue weighted by molar-refractivity contribution is -0.128. The molecule has 0 saturated carbocycles. The number of halogens is 1. The van der Waals surface area contributed by atoms with Crippen LogP contribution in [0.3, 0.4) is 0 Å². The van der Waals surface area contributed by atoms with E-state index in [0.717, 1.165) is 19.4 Å². The molecule has 2 rings (SSSR count). The summed E-state index contributed by atoms with van der Waals surface area (Å²) >= 11 is 6.13. The van der Waals surface area contributed by atoms with Crippen LogP contribution in [0.25, 0.3) is 0 Å². The van der Waals surface area contributed by atoms with Crippen LogP contribution in [0.2, 0.25) is 5.02 Å². The van der Waals surface area contributed by atoms with E-state index in [1.54, 1.807) is 18.2 Å². The van der Waals surface area contributed by atoms with Gasteiger partial charge >= 0.3 is 0 Å². The molecule has 1 aromatic rings. The minimum absolute atomic E-state index is 0.0741. The molecule has 0 radical (unpaired) electrons. The molecule has 1 aliphatic heterocycles. The summed E-state index contributed by atoms with van der Waals surface area (Å²) in [5.74, 6) is 0.744. The zero-order valence-corrected chi connectivity index (χ0v) is 14.2. The Bertz CT molecular complexity index is 563. The van der Waals surface area contributed by atoms with Gasteiger partial charge in [-0.1, -0.05) is 18.5 Å². The van der Waals surface area contributed by atoms with Gasteiger partial charge in [-0.15, -0.1) is 0 Å². The van der Waals surface area contributed by atoms with Crippen molar-refractivity contribution < 1.29 is 14.3 Å². The molecule has 1 fully saturated rings. The summed E-state index contributed by atoms with van der Waals surface area (Å²) in [6.45, 7) is 4.10. The number of carbonyl (C=O) groups is 2. The second-order valence-corrected chi connectivity index (χ2v) is 6.04. The number of carbonyl (C=O) groups excluding carboxylic acids is 2. The highest BCUT2D eigenvalue weighted by Crippen LogP contribution is 2.27. The third kappa shape index (κ3) is 5.43. The van der Waals surface area contributed by atoms with Crippen molar-refractivity contribution in [1.82, 2.24) is 4.90 Å². The van der Waals surface area contributed by atoms with Crippen molar-refractivity contribution in [2.24, 2.45) is 0 Å². The first kappa shape index (κ1) is 17.6. The Kier molecular flexibility index (Phi) is 6.71. The van der Waals surface area contributed by atoms with Crippen LogP contribution < -0.4 is 10.1 Å². The van der Waals surface area contributed by atoms with Crippen LogP contribution in [0.15, 0.2) is 18.2 Å². The molecule has 0 bridgehead atoms. The van der Waals surface area contributed by atoms with E-state index in [2.05, 4.69) is 5.32 Å². The average molecular weight is 339 g/mol. The highest BCUT2D eigenvalue weighted by molar-refractivity contribution is 6.32. The number of nitrogens with one attached hydrogen (secondary N) is 1. The van der Waals surface area contributed by atoms with Gasteiger partial charge in [0.2, 0.25) is 11.8 Å². The normalized spacial score (nSPS) is 14.2. The van der Waals surface area contributed by atoms with Crippen molar-refractivity contribution in [3.63, 3.8) is 0 Å². The first-order valence-corrected chi connectivity index (χ1v) is 8.48. The summed E-state index contributed by atoms with van der Waals surface area (Å²) in [6, 6.07) is 5.23. The molecule has 0 atom stereocenters. The molecule has 23 heavy (non-hydrogen) atoms. The molecule has 0 unspecified atom stereocenters. The molecule has 5 nitrogen and oxygen atoms in total. The van der Waals surface area contributed by atoms with Crippen molar-refractivity contribution in [2.45, 2.75) is 39.0 Å². The molecule has 1 saturated heterocycles. The summed E-state index contributed by atoms with van der Waals surface area (Å²) in [7, 11) is 0. The van der Waals surface area contributed by atoms with Gasteiger partial charge in [-0.25, -0.2) is 0 Å². The molecule has 2 amide bonds. The van der Waals surface area contributed by atoms with Crippen molar-refractivity contribution in [3.05, 3.63) is 23.2 Å². The molecular formula is C17H23ClN2O3. The van der Waals surface area contributed by atoms with Crippen molar-refractivity contribution in [1.29, 1.82) is 0 Å². The molecule has 1 heterocycles. The minimum atomic E-state index is -0.0741. The number of amides is 2. The van der Waals surface area contributed by atoms with E-state index in [0.29, 0.717) is 48.9 Å². The third-order valence-electron chi connectivity index (χ3n) is 3.68. The lowest BCUT2D eigenvalue weighted by atomic mass is 10.2. The van der Waals surface area contributed by atoms with Gasteiger partial charge in [-0.3, -0.25) is 9.59 Å². The SMILES string of the molecule is CCCOc1ccc(NC(=O)CCCN2CCCC2=O)cc1Cl. The highest BCUT2D eigenvalue weighted by Gasteiger charge is 2.19. The lowest BCUT2D eigenvalue weighted by Gasteiger charge is -2.15. The Morgan fingerprint density at radius 3 is 2.91 bits per heavy atom. The van der Waals surface area contributed by atoms with Crippen molar-refractivity contribution in [2.75, 3.05) is 25.0 Å². The number of hydrogen-bond acceptors (Lipinski definition) is 3. The molecule has 126 valence electrons. The maximum Gasteiger partial charge on any atom is 0.224 e. The van der Waals surface area contributed by atoms with Gasteiger partial charge in [0.1, 0.15) is 5.75 Å². The van der Waals surface area contributed by atoms with E-state index in [1.807, 2.05) is 11.8 Å². The van der Waals surface area contributed by atoms with Gasteiger partial charge in [0.05, 0.1) is 11.6 Å². The van der Waals surface area contributed by atoms with E-state index in [4.69, 9.17) is 16.3 Å². The topological polar surface area (TPSA) is 58.6 Å². The number of anilines is 1. The van der Waals surface area contributed by atoms with Gasteiger partial charge in [0.25, 0.3) is 0 Å². The number of rotatable bonds is 8. The Hall–Kier alpha value is -1.75. The zero-order chi connectivity index (χ0) is 16.7. The Morgan fingerprint density at radius 2 is 2.26 bits per heavy atom. The fourth-order valence-electron chi connectivity index (χ4n) is 2.50. The summed E-state index contributed by atoms with van der Waals surface area (Å²) in [5, 5.41) is 3.31. The average Bonchev–Trinajstić information content (AvgIpc) is 2.92. The molecule has 0 aromatic heterocycles. The summed E-state index contributed by atoms with van der Waals surface area (Å²) < 4.78 is 5.50. The Labute approximate surface area is 141 Å². The van der Waals surface area contributed by atoms with E-state index in [9.17, 15) is 9.59 Å². The lowest BCUT2D eigenvalue weighted by Crippen LogP contribution is -2.26. The molecule has 6 heteroatoms. The van der Waals surface area contributed by atoms with E-state index < -0.39 is 0 Å². The molecule has 0 aliphatic carbocycles. The second kappa shape index (κ2) is 8.77. The predicted octanol–water partition coefficient (Wildman–Crippen LogP) is 3.47. The fourth-order valence-corrected chi connectivity index (χ4v) is 2.74. The third-order valence-corrected chi connectivity index (χ3v) is 3.98. The van der Waals surface area contributed by atoms with Gasteiger partial charge in [-0.2, -0.15) is 0 Å². The highest BCUT2D eigenvalue weighted by atomic mass is 35.5. The van der Waals surface area contributed by atoms with Crippen LogP contribution in [0.4, 0.5) is 5.69 Å². The number of benzene rings is 1. The summed E-state index contributed by atoms with van der Waals surface area (Å²) in [6.07, 6.45) is 3.53. The number of nitrogens with zero attached hydrogens (tertiary/aromatic N) is 1. The number of likely N-dealkylation sites (tertiary alicyclic amines) is 1. The first-order valence-electron chi connectivity index (χ1n) is 8.10. The van der Waals surface area contributed by atoms with Gasteiger partial charge in [-0.05, 0) is 37.5 Å². The standard InChI is InChI=1S/C17H23ClN2O3/c1-2-11-23-15-8-7-13(12-14(15)18)19-16(21)5-3-9-20-10-4-6-17(20)22/h7-8,12H,2-6,9-11H2,1H3,(H,19,21). The van der Waals surface area contributed by atoms with Crippen LogP contribution in [0.5, 0.6) is 5.75 Å². The van der Waals surface area contributed by atoms with Crippen LogP contribution in [0, 0.1) is 0 Å². The largest absolute Gasteiger partial charge is 0.492 e. The number of ether oxygens (including phenoxy) is 1. The molecule has 0 spiro atoms. The molecular weight excluding hydrogens is 316 g/mol. The van der Waals surface area contributed by atoms with Crippen LogP contribution in [-0.4, -0.2) is 36.4 Å². The molecule has 1 aromatic carbocycles. The van der Waals surface area contributed by atoms with Gasteiger partial charge in [0.15, 0.2) is 0 Å². The van der Waals surface area contributed by atoms with Gasteiger partial charge in [0, 0.05) is 31.6 Å². The molecule has 1 N–H and O–H groups in total. The monoisotopic (exact) mass is 338 g/mol. The maximum atomic E-state index is 11.9. The second-order valence-electron chi connectivity index (χ2n) is 5.63. The van der Waals surface area contributed by atoms with E-state index in [1.165, 1.54) is 0 Å². The summed E-state index contributed by atoms with van der Waals surface area (Å²) in [4.78, 5) is 25.3.